The second-order valence-electron chi connectivity index (χ2n) is 3.88. The van der Waals surface area contributed by atoms with Crippen LogP contribution in [0.1, 0.15) is 12.5 Å². The van der Waals surface area contributed by atoms with Crippen molar-refractivity contribution in [1.29, 1.82) is 0 Å². The summed E-state index contributed by atoms with van der Waals surface area (Å²) in [6.07, 6.45) is 1.69. The Labute approximate surface area is 111 Å². The zero-order valence-electron chi connectivity index (χ0n) is 10.6. The summed E-state index contributed by atoms with van der Waals surface area (Å²) in [6, 6.07) is 13.6. The SMILES string of the molecule is CCOc1ccc(/C=N/Nc2ccc(F)cc2)cc1. The molecule has 0 saturated heterocycles. The number of benzene rings is 2. The monoisotopic (exact) mass is 258 g/mol. The van der Waals surface area contributed by atoms with Crippen LogP contribution in [0.15, 0.2) is 53.6 Å². The van der Waals surface area contributed by atoms with Crippen molar-refractivity contribution in [3.05, 3.63) is 59.9 Å². The topological polar surface area (TPSA) is 33.6 Å². The molecule has 2 aromatic carbocycles. The molecule has 2 aromatic rings. The van der Waals surface area contributed by atoms with Crippen molar-refractivity contribution < 1.29 is 9.13 Å². The summed E-state index contributed by atoms with van der Waals surface area (Å²) >= 11 is 0. The van der Waals surface area contributed by atoms with E-state index in [0.717, 1.165) is 17.0 Å². The van der Waals surface area contributed by atoms with Gasteiger partial charge in [-0.1, -0.05) is 0 Å². The number of nitrogens with zero attached hydrogens (tertiary/aromatic N) is 1. The third-order valence-corrected chi connectivity index (χ3v) is 2.44. The average Bonchev–Trinajstić information content (AvgIpc) is 2.43. The highest BCUT2D eigenvalue weighted by molar-refractivity contribution is 5.80. The van der Waals surface area contributed by atoms with Gasteiger partial charge in [-0.25, -0.2) is 4.39 Å². The minimum atomic E-state index is -0.263. The average molecular weight is 258 g/mol. The molecule has 0 aliphatic carbocycles. The lowest BCUT2D eigenvalue weighted by atomic mass is 10.2. The summed E-state index contributed by atoms with van der Waals surface area (Å²) in [4.78, 5) is 0. The second-order valence-corrected chi connectivity index (χ2v) is 3.88. The molecule has 0 heterocycles. The molecular weight excluding hydrogens is 243 g/mol. The largest absolute Gasteiger partial charge is 0.494 e. The van der Waals surface area contributed by atoms with Gasteiger partial charge < -0.3 is 4.74 Å². The third kappa shape index (κ3) is 4.10. The van der Waals surface area contributed by atoms with Crippen LogP contribution in [0, 0.1) is 5.82 Å². The van der Waals surface area contributed by atoms with Crippen molar-refractivity contribution in [3.8, 4) is 5.75 Å². The quantitative estimate of drug-likeness (QED) is 0.655. The third-order valence-electron chi connectivity index (χ3n) is 2.44. The smallest absolute Gasteiger partial charge is 0.123 e. The Bertz CT molecular complexity index is 535. The van der Waals surface area contributed by atoms with Crippen molar-refractivity contribution in [2.24, 2.45) is 5.10 Å². The number of hydrogen-bond acceptors (Lipinski definition) is 3. The summed E-state index contributed by atoms with van der Waals surface area (Å²) in [6.45, 7) is 2.60. The molecule has 0 radical (unpaired) electrons. The van der Waals surface area contributed by atoms with Crippen LogP contribution >= 0.6 is 0 Å². The number of rotatable bonds is 5. The van der Waals surface area contributed by atoms with Gasteiger partial charge in [0.15, 0.2) is 0 Å². The van der Waals surface area contributed by atoms with Gasteiger partial charge in [-0.05, 0) is 61.0 Å². The lowest BCUT2D eigenvalue weighted by molar-refractivity contribution is 0.340. The molecule has 98 valence electrons. The molecule has 19 heavy (non-hydrogen) atoms. The number of hydrazone groups is 1. The minimum absolute atomic E-state index is 0.263. The van der Waals surface area contributed by atoms with Gasteiger partial charge in [-0.2, -0.15) is 5.10 Å². The van der Waals surface area contributed by atoms with E-state index in [9.17, 15) is 4.39 Å². The predicted octanol–water partition coefficient (Wildman–Crippen LogP) is 3.67. The van der Waals surface area contributed by atoms with E-state index in [4.69, 9.17) is 4.74 Å². The van der Waals surface area contributed by atoms with Crippen molar-refractivity contribution in [1.82, 2.24) is 0 Å². The first kappa shape index (κ1) is 13.1. The lowest BCUT2D eigenvalue weighted by Crippen LogP contribution is -1.93. The number of ether oxygens (including phenoxy) is 1. The minimum Gasteiger partial charge on any atom is -0.494 e. The van der Waals surface area contributed by atoms with Gasteiger partial charge in [-0.15, -0.1) is 0 Å². The van der Waals surface area contributed by atoms with Crippen molar-refractivity contribution in [2.75, 3.05) is 12.0 Å². The van der Waals surface area contributed by atoms with Crippen LogP contribution in [0.25, 0.3) is 0 Å². The maximum Gasteiger partial charge on any atom is 0.123 e. The number of anilines is 1. The molecule has 0 bridgehead atoms. The molecular formula is C15H15FN2O. The van der Waals surface area contributed by atoms with Crippen LogP contribution in [0.4, 0.5) is 10.1 Å². The number of halogens is 1. The van der Waals surface area contributed by atoms with Crippen LogP contribution in [0.5, 0.6) is 5.75 Å². The first-order chi connectivity index (χ1) is 9.28. The molecule has 2 rings (SSSR count). The van der Waals surface area contributed by atoms with Gasteiger partial charge in [0, 0.05) is 0 Å². The molecule has 0 unspecified atom stereocenters. The van der Waals surface area contributed by atoms with E-state index >= 15 is 0 Å². The molecule has 0 aliphatic rings. The van der Waals surface area contributed by atoms with Crippen molar-refractivity contribution in [2.45, 2.75) is 6.92 Å². The number of nitrogens with one attached hydrogen (secondary N) is 1. The van der Waals surface area contributed by atoms with Crippen LogP contribution in [0.2, 0.25) is 0 Å². The fourth-order valence-corrected chi connectivity index (χ4v) is 1.52. The van der Waals surface area contributed by atoms with Gasteiger partial charge in [0.1, 0.15) is 11.6 Å². The fourth-order valence-electron chi connectivity index (χ4n) is 1.52. The van der Waals surface area contributed by atoms with Crippen molar-refractivity contribution >= 4 is 11.9 Å². The van der Waals surface area contributed by atoms with E-state index in [1.165, 1.54) is 12.1 Å². The molecule has 0 aromatic heterocycles. The fraction of sp³-hybridized carbons (Fsp3) is 0.133. The predicted molar refractivity (Wildman–Crippen MR) is 75.2 cm³/mol. The molecule has 0 fully saturated rings. The summed E-state index contributed by atoms with van der Waals surface area (Å²) in [7, 11) is 0. The highest BCUT2D eigenvalue weighted by Gasteiger charge is 1.93. The van der Waals surface area contributed by atoms with Gasteiger partial charge in [-0.3, -0.25) is 5.43 Å². The van der Waals surface area contributed by atoms with Gasteiger partial charge in [0.05, 0.1) is 18.5 Å². The normalized spacial score (nSPS) is 10.6. The van der Waals surface area contributed by atoms with Crippen molar-refractivity contribution in [3.63, 3.8) is 0 Å². The van der Waals surface area contributed by atoms with Crippen LogP contribution in [-0.4, -0.2) is 12.8 Å². The Morgan fingerprint density at radius 1 is 1.11 bits per heavy atom. The zero-order valence-corrected chi connectivity index (χ0v) is 10.6. The van der Waals surface area contributed by atoms with E-state index in [2.05, 4.69) is 10.5 Å². The Morgan fingerprint density at radius 3 is 2.42 bits per heavy atom. The first-order valence-corrected chi connectivity index (χ1v) is 6.05. The summed E-state index contributed by atoms with van der Waals surface area (Å²) in [5.41, 5.74) is 4.53. The van der Waals surface area contributed by atoms with E-state index in [-0.39, 0.29) is 5.82 Å². The van der Waals surface area contributed by atoms with Crippen LogP contribution in [0.3, 0.4) is 0 Å². The molecule has 0 saturated carbocycles. The molecule has 3 nitrogen and oxygen atoms in total. The Hall–Kier alpha value is -2.36. The van der Waals surface area contributed by atoms with Crippen LogP contribution in [-0.2, 0) is 0 Å². The maximum absolute atomic E-state index is 12.7. The highest BCUT2D eigenvalue weighted by Crippen LogP contribution is 2.11. The van der Waals surface area contributed by atoms with Gasteiger partial charge in [0.2, 0.25) is 0 Å². The molecule has 4 heteroatoms. The molecule has 0 atom stereocenters. The highest BCUT2D eigenvalue weighted by atomic mass is 19.1. The maximum atomic E-state index is 12.7. The van der Waals surface area contributed by atoms with Crippen LogP contribution < -0.4 is 10.2 Å². The van der Waals surface area contributed by atoms with Gasteiger partial charge >= 0.3 is 0 Å². The summed E-state index contributed by atoms with van der Waals surface area (Å²) < 4.78 is 18.0. The number of hydrogen-bond donors (Lipinski definition) is 1. The van der Waals surface area contributed by atoms with E-state index in [0.29, 0.717) is 6.61 Å². The lowest BCUT2D eigenvalue weighted by Gasteiger charge is -2.02. The zero-order chi connectivity index (χ0) is 13.5. The molecule has 0 amide bonds. The Balaban J connectivity index is 1.93. The standard InChI is InChI=1S/C15H15FN2O/c1-2-19-15-9-3-12(4-10-15)11-17-18-14-7-5-13(16)6-8-14/h3-11,18H,2H2,1H3/b17-11+. The summed E-state index contributed by atoms with van der Waals surface area (Å²) in [5, 5.41) is 4.08. The van der Waals surface area contributed by atoms with E-state index in [1.54, 1.807) is 18.3 Å². The van der Waals surface area contributed by atoms with E-state index < -0.39 is 0 Å². The molecule has 1 N–H and O–H groups in total. The molecule has 0 aliphatic heterocycles. The second kappa shape index (κ2) is 6.54. The summed E-state index contributed by atoms with van der Waals surface area (Å²) in [5.74, 6) is 0.576. The Kier molecular flexibility index (Phi) is 4.50. The Morgan fingerprint density at radius 2 is 1.79 bits per heavy atom. The van der Waals surface area contributed by atoms with E-state index in [1.807, 2.05) is 31.2 Å². The first-order valence-electron chi connectivity index (χ1n) is 6.05. The van der Waals surface area contributed by atoms with Gasteiger partial charge in [0.25, 0.3) is 0 Å². The molecule has 0 spiro atoms.